The van der Waals surface area contributed by atoms with Gasteiger partial charge < -0.3 is 19.5 Å². The zero-order valence-corrected chi connectivity index (χ0v) is 21.0. The number of halogens is 1. The number of aromatic amines is 1. The van der Waals surface area contributed by atoms with E-state index in [9.17, 15) is 19.6 Å². The van der Waals surface area contributed by atoms with Crippen LogP contribution in [0.3, 0.4) is 0 Å². The summed E-state index contributed by atoms with van der Waals surface area (Å²) in [5.41, 5.74) is -1.68. The summed E-state index contributed by atoms with van der Waals surface area (Å²) < 4.78 is 52.3. The second kappa shape index (κ2) is 8.45. The van der Waals surface area contributed by atoms with Crippen LogP contribution in [-0.4, -0.2) is 66.8 Å². The smallest absolute Gasteiger partial charge is 0.403 e. The van der Waals surface area contributed by atoms with E-state index in [1.165, 1.54) is 7.85 Å². The van der Waals surface area contributed by atoms with Crippen LogP contribution < -0.4 is 10.2 Å². The van der Waals surface area contributed by atoms with Crippen LogP contribution >= 0.6 is 20.0 Å². The van der Waals surface area contributed by atoms with Crippen LogP contribution in [-0.2, 0) is 30.6 Å². The Kier molecular flexibility index (Phi) is 6.26. The van der Waals surface area contributed by atoms with E-state index in [1.807, 2.05) is 0 Å². The molecule has 0 saturated carbocycles. The van der Waals surface area contributed by atoms with Crippen molar-refractivity contribution in [3.63, 3.8) is 0 Å². The second-order valence-electron chi connectivity index (χ2n) is 8.98. The molecular weight excluding hydrogens is 499 g/mol. The predicted octanol–water partition coefficient (Wildman–Crippen LogP) is -1.49. The highest BCUT2D eigenvalue weighted by molar-refractivity contribution is 7.71. The zero-order chi connectivity index (χ0) is 26.0. The van der Waals surface area contributed by atoms with Gasteiger partial charge in [-0.15, -0.1) is 6.42 Å². The maximum atomic E-state index is 16.4. The van der Waals surface area contributed by atoms with E-state index in [-0.39, 0.29) is 22.6 Å². The van der Waals surface area contributed by atoms with Crippen LogP contribution in [0.15, 0.2) is 29.2 Å². The van der Waals surface area contributed by atoms with Gasteiger partial charge in [0.15, 0.2) is 7.85 Å². The first-order valence-corrected chi connectivity index (χ1v) is 12.4. The minimum absolute atomic E-state index is 0.0409. The van der Waals surface area contributed by atoms with Crippen molar-refractivity contribution in [2.75, 3.05) is 0 Å². The Bertz CT molecular complexity index is 1410. The Balaban J connectivity index is 1.70. The number of phosphoric ester groups is 1. The number of terminal acetylenes is 1. The molecule has 1 aromatic heterocycles. The molecule has 0 amide bonds. The average molecular weight is 520 g/mol. The van der Waals surface area contributed by atoms with Crippen LogP contribution in [0, 0.1) is 23.9 Å². The monoisotopic (exact) mass is 520 g/mol. The number of aromatic nitrogens is 2. The molecule has 10 nitrogen and oxygen atoms in total. The Labute approximate surface area is 207 Å². The van der Waals surface area contributed by atoms with Gasteiger partial charge in [0.1, 0.15) is 43.9 Å². The molecule has 3 heterocycles. The van der Waals surface area contributed by atoms with Crippen LogP contribution in [0.4, 0.5) is 4.39 Å². The summed E-state index contributed by atoms with van der Waals surface area (Å²) in [7, 11) is -0.950. The number of alkyl halides is 1. The van der Waals surface area contributed by atoms with E-state index in [1.54, 1.807) is 25.1 Å². The van der Waals surface area contributed by atoms with Gasteiger partial charge in [0.2, 0.25) is 0 Å². The maximum Gasteiger partial charge on any atom is 0.529 e. The summed E-state index contributed by atoms with van der Waals surface area (Å²) in [5.74, 6) is -0.651. The summed E-state index contributed by atoms with van der Waals surface area (Å²) in [4.78, 5) is 14.9. The zero-order valence-electron chi connectivity index (χ0n) is 19.3. The summed E-state index contributed by atoms with van der Waals surface area (Å²) in [6.45, 7) is 1.61. The van der Waals surface area contributed by atoms with Gasteiger partial charge in [0.05, 0.1) is 17.6 Å². The number of phosphoric acid groups is 1. The summed E-state index contributed by atoms with van der Waals surface area (Å²) >= 11 is 4.99. The van der Waals surface area contributed by atoms with E-state index >= 15 is 4.39 Å². The molecule has 1 unspecified atom stereocenters. The molecular formula is C19H21B3FN2O8PS. The van der Waals surface area contributed by atoms with Crippen molar-refractivity contribution in [1.82, 2.24) is 9.55 Å². The predicted molar refractivity (Wildman–Crippen MR) is 132 cm³/mol. The van der Waals surface area contributed by atoms with Crippen LogP contribution in [0.5, 0.6) is 5.75 Å². The number of fused-ring (bicyclic) bond motifs is 1. The van der Waals surface area contributed by atoms with Crippen molar-refractivity contribution in [2.24, 2.45) is 0 Å². The number of aliphatic hydroxyl groups excluding tert-OH is 2. The molecule has 1 aromatic carbocycles. The first kappa shape index (κ1) is 25.9. The molecule has 1 saturated heterocycles. The molecule has 0 radical (unpaired) electrons. The summed E-state index contributed by atoms with van der Waals surface area (Å²) in [6.07, 6.45) is 2.27. The number of H-pyrrole nitrogens is 1. The highest BCUT2D eigenvalue weighted by Crippen LogP contribution is 2.59. The van der Waals surface area contributed by atoms with E-state index in [2.05, 4.69) is 10.9 Å². The molecule has 2 aliphatic rings. The standard InChI is InChI=1S/C19H21B3FN2O8PS/c1-3-10-7-25(16(28)24-15(10)35)18(20)14(27)13(26)17(23,32-18)19(21,22)33-34(29)30-8-11-6-4-5-9(2)12(11)31-34/h1,4-7,13-14,26-27H,8,20-22H2,2H3,(H,24,28,35)/t13-,14+,17-,18-,34?/m0/s1. The number of para-hydroxylation sites is 1. The van der Waals surface area contributed by atoms with Crippen LogP contribution in [0.1, 0.15) is 16.7 Å². The SMILES string of the molecule is BC(B)(OP1(=O)OCc2cccc(C)c2O1)[C@@]1(F)O[C@@](B)(n2cc(C#C)c(=S)[nH]c2=O)[C@H](O)[C@@H]1O. The number of aliphatic hydroxyl groups is 2. The van der Waals surface area contributed by atoms with E-state index in [0.717, 1.165) is 26.5 Å². The third-order valence-electron chi connectivity index (χ3n) is 6.20. The molecule has 4 rings (SSSR count). The minimum Gasteiger partial charge on any atom is -0.403 e. The van der Waals surface area contributed by atoms with Gasteiger partial charge in [0, 0.05) is 11.8 Å². The molecule has 2 aliphatic heterocycles. The van der Waals surface area contributed by atoms with Gasteiger partial charge in [-0.2, -0.15) is 0 Å². The lowest BCUT2D eigenvalue weighted by atomic mass is 9.59. The lowest BCUT2D eigenvalue weighted by Gasteiger charge is -2.41. The van der Waals surface area contributed by atoms with Crippen molar-refractivity contribution in [1.29, 1.82) is 0 Å². The molecule has 182 valence electrons. The number of hydrogen-bond acceptors (Lipinski definition) is 9. The van der Waals surface area contributed by atoms with E-state index in [0.29, 0.717) is 11.1 Å². The molecule has 16 heteroatoms. The van der Waals surface area contributed by atoms with Crippen LogP contribution in [0.25, 0.3) is 0 Å². The first-order chi connectivity index (χ1) is 16.2. The number of rotatable bonds is 4. The number of aryl methyl sites for hydroxylation is 1. The van der Waals surface area contributed by atoms with E-state index in [4.69, 9.17) is 36.9 Å². The molecule has 0 aliphatic carbocycles. The third-order valence-corrected chi connectivity index (χ3v) is 8.05. The molecule has 35 heavy (non-hydrogen) atoms. The van der Waals surface area contributed by atoms with Crippen molar-refractivity contribution in [3.05, 3.63) is 56.2 Å². The fourth-order valence-electron chi connectivity index (χ4n) is 4.12. The fourth-order valence-corrected chi connectivity index (χ4v) is 5.93. The quantitative estimate of drug-likeness (QED) is 0.191. The minimum atomic E-state index is -4.41. The van der Waals surface area contributed by atoms with Crippen LogP contribution in [0.2, 0.25) is 0 Å². The number of nitrogens with zero attached hydrogens (tertiary/aromatic N) is 1. The fraction of sp³-hybridized carbons (Fsp3) is 0.368. The Morgan fingerprint density at radius 3 is 2.77 bits per heavy atom. The average Bonchev–Trinajstić information content (AvgIpc) is 2.95. The number of hydrogen-bond donors (Lipinski definition) is 3. The third kappa shape index (κ3) is 4.03. The highest BCUT2D eigenvalue weighted by atomic mass is 32.1. The Hall–Kier alpha value is -2.17. The van der Waals surface area contributed by atoms with Crippen molar-refractivity contribution in [2.45, 2.75) is 42.6 Å². The molecule has 1 fully saturated rings. The van der Waals surface area contributed by atoms with Crippen molar-refractivity contribution >= 4 is 43.6 Å². The van der Waals surface area contributed by atoms with Crippen molar-refractivity contribution in [3.8, 4) is 18.1 Å². The van der Waals surface area contributed by atoms with Gasteiger partial charge in [-0.3, -0.25) is 18.6 Å². The van der Waals surface area contributed by atoms with Gasteiger partial charge >= 0.3 is 13.5 Å². The van der Waals surface area contributed by atoms with Gasteiger partial charge in [-0.25, -0.2) is 13.8 Å². The largest absolute Gasteiger partial charge is 0.529 e. The lowest BCUT2D eigenvalue weighted by molar-refractivity contribution is -0.240. The maximum absolute atomic E-state index is 16.4. The molecule has 0 bridgehead atoms. The normalized spacial score (nSPS) is 32.4. The molecule has 2 aromatic rings. The molecule has 3 N–H and O–H groups in total. The Morgan fingerprint density at radius 2 is 2.11 bits per heavy atom. The highest BCUT2D eigenvalue weighted by Gasteiger charge is 2.69. The summed E-state index contributed by atoms with van der Waals surface area (Å²) in [5, 5.41) is 19.3. The van der Waals surface area contributed by atoms with Gasteiger partial charge in [-0.1, -0.05) is 36.3 Å². The summed E-state index contributed by atoms with van der Waals surface area (Å²) in [6, 6.07) is 5.22. The first-order valence-electron chi connectivity index (χ1n) is 10.5. The van der Waals surface area contributed by atoms with Crippen molar-refractivity contribution < 1.29 is 37.5 Å². The molecule has 0 spiro atoms. The van der Waals surface area contributed by atoms with Gasteiger partial charge in [0.25, 0.3) is 5.85 Å². The Morgan fingerprint density at radius 1 is 1.43 bits per heavy atom. The number of benzene rings is 1. The second-order valence-corrected chi connectivity index (χ2v) is 10.9. The van der Waals surface area contributed by atoms with E-state index < -0.39 is 42.6 Å². The number of nitrogens with one attached hydrogen (secondary N) is 1. The van der Waals surface area contributed by atoms with Gasteiger partial charge in [-0.05, 0) is 12.5 Å². The molecule has 5 atom stereocenters. The number of ether oxygens (including phenoxy) is 1. The lowest BCUT2D eigenvalue weighted by Crippen LogP contribution is -2.60. The topological polar surface area (TPSA) is 132 Å².